The van der Waals surface area contributed by atoms with E-state index in [4.69, 9.17) is 4.74 Å². The summed E-state index contributed by atoms with van der Waals surface area (Å²) in [7, 11) is 3.81. The molecule has 0 unspecified atom stereocenters. The minimum Gasteiger partial charge on any atom is -0.496 e. The Hall–Kier alpha value is -2.73. The average molecular weight is 434 g/mol. The second kappa shape index (κ2) is 8.32. The number of hydrogen-bond donors (Lipinski definition) is 1. The van der Waals surface area contributed by atoms with E-state index in [1.54, 1.807) is 7.11 Å². The van der Waals surface area contributed by atoms with Gasteiger partial charge in [0, 0.05) is 47.4 Å². The van der Waals surface area contributed by atoms with E-state index in [-0.39, 0.29) is 11.1 Å². The largest absolute Gasteiger partial charge is 0.496 e. The van der Waals surface area contributed by atoms with Crippen LogP contribution < -0.4 is 15.0 Å². The Bertz CT molecular complexity index is 1090. The predicted octanol–water partition coefficient (Wildman–Crippen LogP) is 5.01. The summed E-state index contributed by atoms with van der Waals surface area (Å²) in [6, 6.07) is 10.8. The van der Waals surface area contributed by atoms with Crippen LogP contribution in [-0.2, 0) is 6.42 Å². The van der Waals surface area contributed by atoms with Gasteiger partial charge in [-0.15, -0.1) is 10.2 Å². The molecule has 2 aromatic heterocycles. The van der Waals surface area contributed by atoms with Gasteiger partial charge in [0.05, 0.1) is 18.3 Å². The van der Waals surface area contributed by atoms with Crippen LogP contribution in [0.25, 0.3) is 22.2 Å². The fourth-order valence-electron chi connectivity index (χ4n) is 5.15. The van der Waals surface area contributed by atoms with Crippen LogP contribution in [0.5, 0.6) is 5.75 Å². The summed E-state index contributed by atoms with van der Waals surface area (Å²) in [6.07, 6.45) is 4.99. The lowest BCUT2D eigenvalue weighted by Gasteiger charge is -2.49. The molecule has 6 nitrogen and oxygen atoms in total. The molecule has 6 heteroatoms. The second-order valence-corrected chi connectivity index (χ2v) is 10.3. The lowest BCUT2D eigenvalue weighted by Crippen LogP contribution is -2.62. The second-order valence-electron chi connectivity index (χ2n) is 10.3. The first-order valence-electron chi connectivity index (χ1n) is 11.4. The Morgan fingerprint density at radius 1 is 1.06 bits per heavy atom. The van der Waals surface area contributed by atoms with E-state index in [0.29, 0.717) is 6.04 Å². The van der Waals surface area contributed by atoms with Gasteiger partial charge in [0.2, 0.25) is 0 Å². The van der Waals surface area contributed by atoms with E-state index in [0.717, 1.165) is 53.0 Å². The summed E-state index contributed by atoms with van der Waals surface area (Å²) >= 11 is 0. The fourth-order valence-corrected chi connectivity index (χ4v) is 5.15. The number of nitrogens with one attached hydrogen (secondary N) is 1. The monoisotopic (exact) mass is 433 g/mol. The number of ether oxygens (including phenoxy) is 1. The number of benzene rings is 1. The van der Waals surface area contributed by atoms with Gasteiger partial charge in [-0.2, -0.15) is 0 Å². The predicted molar refractivity (Wildman–Crippen MR) is 131 cm³/mol. The third kappa shape index (κ3) is 4.56. The summed E-state index contributed by atoms with van der Waals surface area (Å²) in [5.74, 6) is 1.65. The number of aryl methyl sites for hydroxylation is 1. The smallest absolute Gasteiger partial charge is 0.151 e. The fraction of sp³-hybridized carbons (Fsp3) is 0.500. The summed E-state index contributed by atoms with van der Waals surface area (Å²) < 4.78 is 5.66. The first-order chi connectivity index (χ1) is 15.1. The van der Waals surface area contributed by atoms with E-state index < -0.39 is 0 Å². The molecular formula is C26H35N5O. The number of fused-ring (bicyclic) bond motifs is 1. The lowest BCUT2D eigenvalue weighted by molar-refractivity contribution is 0.160. The Kier molecular flexibility index (Phi) is 5.84. The van der Waals surface area contributed by atoms with Crippen molar-refractivity contribution in [3.05, 3.63) is 42.1 Å². The molecule has 32 heavy (non-hydrogen) atoms. The number of pyridine rings is 1. The Morgan fingerprint density at radius 2 is 1.78 bits per heavy atom. The van der Waals surface area contributed by atoms with Crippen molar-refractivity contribution in [3.8, 4) is 17.0 Å². The highest BCUT2D eigenvalue weighted by Crippen LogP contribution is 2.35. The van der Waals surface area contributed by atoms with Crippen molar-refractivity contribution < 1.29 is 4.74 Å². The molecule has 0 saturated carbocycles. The first-order valence-corrected chi connectivity index (χ1v) is 11.4. The minimum atomic E-state index is 0.0812. The zero-order chi connectivity index (χ0) is 23.1. The Morgan fingerprint density at radius 3 is 2.38 bits per heavy atom. The quantitative estimate of drug-likeness (QED) is 0.610. The van der Waals surface area contributed by atoms with E-state index in [1.807, 2.05) is 18.3 Å². The molecule has 4 rings (SSSR count). The van der Waals surface area contributed by atoms with Crippen LogP contribution in [-0.4, -0.2) is 46.5 Å². The molecule has 1 fully saturated rings. The van der Waals surface area contributed by atoms with Crippen LogP contribution in [0.3, 0.4) is 0 Å². The van der Waals surface area contributed by atoms with Gasteiger partial charge in [-0.1, -0.05) is 6.92 Å². The maximum Gasteiger partial charge on any atom is 0.151 e. The molecule has 0 amide bonds. The van der Waals surface area contributed by atoms with Crippen LogP contribution >= 0.6 is 0 Å². The normalized spacial score (nSPS) is 18.0. The number of hydrogen-bond acceptors (Lipinski definition) is 6. The highest BCUT2D eigenvalue weighted by Gasteiger charge is 2.39. The van der Waals surface area contributed by atoms with Gasteiger partial charge in [-0.25, -0.2) is 0 Å². The van der Waals surface area contributed by atoms with Gasteiger partial charge in [0.1, 0.15) is 5.75 Å². The van der Waals surface area contributed by atoms with Crippen molar-refractivity contribution >= 4 is 16.7 Å². The maximum atomic E-state index is 5.66. The van der Waals surface area contributed by atoms with Crippen LogP contribution in [0.2, 0.25) is 0 Å². The molecule has 3 aromatic rings. The zero-order valence-corrected chi connectivity index (χ0v) is 20.4. The number of aromatic nitrogens is 3. The molecule has 0 spiro atoms. The van der Waals surface area contributed by atoms with Crippen LogP contribution in [0.15, 0.2) is 36.5 Å². The molecule has 0 bridgehead atoms. The number of rotatable bonds is 5. The number of methoxy groups -OCH3 is 1. The van der Waals surface area contributed by atoms with Crippen molar-refractivity contribution in [2.45, 2.75) is 71.0 Å². The van der Waals surface area contributed by atoms with Crippen molar-refractivity contribution in [3.63, 3.8) is 0 Å². The van der Waals surface area contributed by atoms with Crippen molar-refractivity contribution in [2.24, 2.45) is 0 Å². The van der Waals surface area contributed by atoms with Crippen molar-refractivity contribution in [1.29, 1.82) is 0 Å². The molecule has 170 valence electrons. The van der Waals surface area contributed by atoms with Crippen LogP contribution in [0, 0.1) is 0 Å². The Labute approximate surface area is 191 Å². The van der Waals surface area contributed by atoms with E-state index in [1.165, 1.54) is 5.56 Å². The van der Waals surface area contributed by atoms with Crippen molar-refractivity contribution in [1.82, 2.24) is 20.5 Å². The van der Waals surface area contributed by atoms with Gasteiger partial charge < -0.3 is 15.0 Å². The topological polar surface area (TPSA) is 63.2 Å². The summed E-state index contributed by atoms with van der Waals surface area (Å²) in [5.41, 5.74) is 4.03. The standard InChI is InChI=1S/C26H35N5O/c1-8-17-11-18-12-20(23(32-7)13-22(18)27-16-17)21-9-10-24(29-28-21)31(6)19-14-25(2,3)30-26(4,5)15-19/h9-13,16,19,30H,8,14-15H2,1-7H3. The average Bonchev–Trinajstić information content (AvgIpc) is 2.75. The molecular weight excluding hydrogens is 398 g/mol. The van der Waals surface area contributed by atoms with Crippen molar-refractivity contribution in [2.75, 3.05) is 19.1 Å². The molecule has 0 atom stereocenters. The first kappa shape index (κ1) is 22.5. The van der Waals surface area contributed by atoms with E-state index in [9.17, 15) is 0 Å². The van der Waals surface area contributed by atoms with E-state index in [2.05, 4.69) is 85.3 Å². The lowest BCUT2D eigenvalue weighted by atomic mass is 9.79. The molecule has 0 aliphatic carbocycles. The maximum absolute atomic E-state index is 5.66. The van der Waals surface area contributed by atoms with Gasteiger partial charge in [-0.05, 0) is 76.8 Å². The summed E-state index contributed by atoms with van der Waals surface area (Å²) in [4.78, 5) is 6.85. The van der Waals surface area contributed by atoms with Gasteiger partial charge in [0.15, 0.2) is 5.82 Å². The molecule has 1 aromatic carbocycles. The molecule has 0 radical (unpaired) electrons. The highest BCUT2D eigenvalue weighted by molar-refractivity contribution is 5.87. The molecule has 3 heterocycles. The third-order valence-electron chi connectivity index (χ3n) is 6.47. The van der Waals surface area contributed by atoms with Crippen LogP contribution in [0.4, 0.5) is 5.82 Å². The number of nitrogens with zero attached hydrogens (tertiary/aromatic N) is 4. The third-order valence-corrected chi connectivity index (χ3v) is 6.47. The van der Waals surface area contributed by atoms with E-state index >= 15 is 0 Å². The highest BCUT2D eigenvalue weighted by atomic mass is 16.5. The summed E-state index contributed by atoms with van der Waals surface area (Å²) in [5, 5.41) is 14.0. The van der Waals surface area contributed by atoms with Gasteiger partial charge in [-0.3, -0.25) is 4.98 Å². The summed E-state index contributed by atoms with van der Waals surface area (Å²) in [6.45, 7) is 11.2. The molecule has 1 aliphatic rings. The van der Waals surface area contributed by atoms with Gasteiger partial charge >= 0.3 is 0 Å². The zero-order valence-electron chi connectivity index (χ0n) is 20.4. The van der Waals surface area contributed by atoms with Crippen LogP contribution in [0.1, 0.15) is 53.0 Å². The van der Waals surface area contributed by atoms with Gasteiger partial charge in [0.25, 0.3) is 0 Å². The molecule has 1 N–H and O–H groups in total. The molecule has 1 saturated heterocycles. The number of piperidine rings is 1. The Balaban J connectivity index is 1.64. The number of anilines is 1. The molecule has 1 aliphatic heterocycles. The SMILES string of the molecule is CCc1cnc2cc(OC)c(-c3ccc(N(C)C4CC(C)(C)NC(C)(C)C4)nn3)cc2c1. The minimum absolute atomic E-state index is 0.0812.